The van der Waals surface area contributed by atoms with E-state index < -0.39 is 5.97 Å². The molecule has 0 aliphatic rings. The van der Waals surface area contributed by atoms with E-state index in [1.165, 1.54) is 0 Å². The molecule has 0 bridgehead atoms. The number of hydrogen-bond acceptors (Lipinski definition) is 3. The molecule has 4 heteroatoms. The molecule has 0 saturated carbocycles. The maximum atomic E-state index is 11.7. The Hall–Kier alpha value is -1.84. The lowest BCUT2D eigenvalue weighted by molar-refractivity contribution is -0.141. The SMILES string of the molecule is CCOC(=O)CNC(=O)c1cc(C)cc(C)c1. The Morgan fingerprint density at radius 3 is 2.29 bits per heavy atom. The Labute approximate surface area is 101 Å². The normalized spacial score (nSPS) is 9.82. The van der Waals surface area contributed by atoms with Crippen LogP contribution < -0.4 is 5.32 Å². The van der Waals surface area contributed by atoms with Crippen LogP contribution in [-0.2, 0) is 9.53 Å². The first-order valence-electron chi connectivity index (χ1n) is 5.55. The predicted octanol–water partition coefficient (Wildman–Crippen LogP) is 1.60. The van der Waals surface area contributed by atoms with Gasteiger partial charge in [-0.2, -0.15) is 0 Å². The zero-order chi connectivity index (χ0) is 12.8. The molecule has 0 aliphatic carbocycles. The van der Waals surface area contributed by atoms with Crippen LogP contribution in [0.3, 0.4) is 0 Å². The average Bonchev–Trinajstić information content (AvgIpc) is 2.25. The number of amides is 1. The largest absolute Gasteiger partial charge is 0.465 e. The molecule has 4 nitrogen and oxygen atoms in total. The first kappa shape index (κ1) is 13.2. The number of carbonyl (C=O) groups excluding carboxylic acids is 2. The van der Waals surface area contributed by atoms with E-state index in [0.29, 0.717) is 12.2 Å². The van der Waals surface area contributed by atoms with Crippen molar-refractivity contribution in [1.29, 1.82) is 0 Å². The number of carbonyl (C=O) groups is 2. The van der Waals surface area contributed by atoms with Gasteiger partial charge in [0.25, 0.3) is 5.91 Å². The highest BCUT2D eigenvalue weighted by molar-refractivity contribution is 5.96. The van der Waals surface area contributed by atoms with Crippen molar-refractivity contribution in [2.45, 2.75) is 20.8 Å². The first-order valence-corrected chi connectivity index (χ1v) is 5.55. The molecule has 0 aliphatic heterocycles. The van der Waals surface area contributed by atoms with E-state index >= 15 is 0 Å². The second-order valence-corrected chi connectivity index (χ2v) is 3.86. The van der Waals surface area contributed by atoms with Crippen molar-refractivity contribution in [3.05, 3.63) is 34.9 Å². The molecule has 0 aromatic heterocycles. The lowest BCUT2D eigenvalue weighted by Gasteiger charge is -2.06. The molecule has 0 unspecified atom stereocenters. The van der Waals surface area contributed by atoms with Crippen LogP contribution in [0.2, 0.25) is 0 Å². The summed E-state index contributed by atoms with van der Waals surface area (Å²) >= 11 is 0. The third kappa shape index (κ3) is 4.26. The molecular formula is C13H17NO3. The average molecular weight is 235 g/mol. The summed E-state index contributed by atoms with van der Waals surface area (Å²) in [5.74, 6) is -0.685. The minimum Gasteiger partial charge on any atom is -0.465 e. The van der Waals surface area contributed by atoms with E-state index in [0.717, 1.165) is 11.1 Å². The summed E-state index contributed by atoms with van der Waals surface area (Å²) in [5, 5.41) is 2.52. The van der Waals surface area contributed by atoms with Gasteiger partial charge in [-0.15, -0.1) is 0 Å². The highest BCUT2D eigenvalue weighted by atomic mass is 16.5. The van der Waals surface area contributed by atoms with Crippen molar-refractivity contribution in [3.63, 3.8) is 0 Å². The quantitative estimate of drug-likeness (QED) is 0.806. The van der Waals surface area contributed by atoms with Crippen molar-refractivity contribution in [2.24, 2.45) is 0 Å². The first-order chi connectivity index (χ1) is 8.02. The summed E-state index contributed by atoms with van der Waals surface area (Å²) < 4.78 is 4.72. The number of esters is 1. The molecule has 1 rings (SSSR count). The summed E-state index contributed by atoms with van der Waals surface area (Å²) in [6, 6.07) is 5.56. The molecule has 1 N–H and O–H groups in total. The van der Waals surface area contributed by atoms with Gasteiger partial charge in [-0.1, -0.05) is 17.2 Å². The van der Waals surface area contributed by atoms with Crippen molar-refractivity contribution in [3.8, 4) is 0 Å². The smallest absolute Gasteiger partial charge is 0.325 e. The minimum atomic E-state index is -0.426. The Kier molecular flexibility index (Phi) is 4.69. The predicted molar refractivity (Wildman–Crippen MR) is 64.9 cm³/mol. The Morgan fingerprint density at radius 2 is 1.76 bits per heavy atom. The zero-order valence-corrected chi connectivity index (χ0v) is 10.4. The molecular weight excluding hydrogens is 218 g/mol. The van der Waals surface area contributed by atoms with Crippen LogP contribution in [0.15, 0.2) is 18.2 Å². The van der Waals surface area contributed by atoms with Gasteiger partial charge in [-0.3, -0.25) is 9.59 Å². The molecule has 0 atom stereocenters. The van der Waals surface area contributed by atoms with Gasteiger partial charge in [0, 0.05) is 5.56 Å². The summed E-state index contributed by atoms with van der Waals surface area (Å²) in [6.07, 6.45) is 0. The second-order valence-electron chi connectivity index (χ2n) is 3.86. The summed E-state index contributed by atoms with van der Waals surface area (Å²) in [5.41, 5.74) is 2.60. The zero-order valence-electron chi connectivity index (χ0n) is 10.4. The van der Waals surface area contributed by atoms with Crippen LogP contribution in [-0.4, -0.2) is 25.0 Å². The van der Waals surface area contributed by atoms with Crippen LogP contribution in [0.1, 0.15) is 28.4 Å². The number of nitrogens with one attached hydrogen (secondary N) is 1. The van der Waals surface area contributed by atoms with Gasteiger partial charge < -0.3 is 10.1 Å². The van der Waals surface area contributed by atoms with E-state index in [9.17, 15) is 9.59 Å². The van der Waals surface area contributed by atoms with Gasteiger partial charge in [0.2, 0.25) is 0 Å². The van der Waals surface area contributed by atoms with Crippen molar-refractivity contribution in [1.82, 2.24) is 5.32 Å². The molecule has 92 valence electrons. The van der Waals surface area contributed by atoms with Crippen LogP contribution in [0.4, 0.5) is 0 Å². The van der Waals surface area contributed by atoms with E-state index in [1.807, 2.05) is 19.9 Å². The van der Waals surface area contributed by atoms with Gasteiger partial charge >= 0.3 is 5.97 Å². The van der Waals surface area contributed by atoms with Crippen molar-refractivity contribution >= 4 is 11.9 Å². The lowest BCUT2D eigenvalue weighted by Crippen LogP contribution is -2.30. The summed E-state index contributed by atoms with van der Waals surface area (Å²) in [4.78, 5) is 22.8. The van der Waals surface area contributed by atoms with Gasteiger partial charge in [0.1, 0.15) is 6.54 Å². The fraction of sp³-hybridized carbons (Fsp3) is 0.385. The highest BCUT2D eigenvalue weighted by Crippen LogP contribution is 2.08. The molecule has 0 heterocycles. The molecule has 1 amide bonds. The molecule has 0 radical (unpaired) electrons. The van der Waals surface area contributed by atoms with E-state index in [4.69, 9.17) is 4.74 Å². The topological polar surface area (TPSA) is 55.4 Å². The summed E-state index contributed by atoms with van der Waals surface area (Å²) in [6.45, 7) is 5.80. The van der Waals surface area contributed by atoms with Gasteiger partial charge in [-0.05, 0) is 32.9 Å². The lowest BCUT2D eigenvalue weighted by atomic mass is 10.1. The Bertz CT molecular complexity index is 406. The second kappa shape index (κ2) is 6.03. The number of rotatable bonds is 4. The van der Waals surface area contributed by atoms with Gasteiger partial charge in [0.15, 0.2) is 0 Å². The Balaban J connectivity index is 2.61. The number of ether oxygens (including phenoxy) is 1. The fourth-order valence-corrected chi connectivity index (χ4v) is 1.57. The number of hydrogen-bond donors (Lipinski definition) is 1. The van der Waals surface area contributed by atoms with Gasteiger partial charge in [-0.25, -0.2) is 0 Å². The Morgan fingerprint density at radius 1 is 1.18 bits per heavy atom. The van der Waals surface area contributed by atoms with Crippen LogP contribution in [0, 0.1) is 13.8 Å². The third-order valence-corrected chi connectivity index (χ3v) is 2.18. The van der Waals surface area contributed by atoms with E-state index in [-0.39, 0.29) is 12.5 Å². The van der Waals surface area contributed by atoms with Crippen LogP contribution >= 0.6 is 0 Å². The molecule has 0 spiro atoms. The van der Waals surface area contributed by atoms with Crippen LogP contribution in [0.25, 0.3) is 0 Å². The van der Waals surface area contributed by atoms with Crippen LogP contribution in [0.5, 0.6) is 0 Å². The molecule has 0 fully saturated rings. The third-order valence-electron chi connectivity index (χ3n) is 2.18. The standard InChI is InChI=1S/C13H17NO3/c1-4-17-12(15)8-14-13(16)11-6-9(2)5-10(3)7-11/h5-7H,4,8H2,1-3H3,(H,14,16). The monoisotopic (exact) mass is 235 g/mol. The maximum Gasteiger partial charge on any atom is 0.325 e. The molecule has 17 heavy (non-hydrogen) atoms. The fourth-order valence-electron chi connectivity index (χ4n) is 1.57. The van der Waals surface area contributed by atoms with Gasteiger partial charge in [0.05, 0.1) is 6.61 Å². The number of aryl methyl sites for hydroxylation is 2. The van der Waals surface area contributed by atoms with E-state index in [2.05, 4.69) is 5.32 Å². The molecule has 1 aromatic carbocycles. The summed E-state index contributed by atoms with van der Waals surface area (Å²) in [7, 11) is 0. The van der Waals surface area contributed by atoms with E-state index in [1.54, 1.807) is 19.1 Å². The van der Waals surface area contributed by atoms with Crippen molar-refractivity contribution in [2.75, 3.05) is 13.2 Å². The highest BCUT2D eigenvalue weighted by Gasteiger charge is 2.09. The molecule has 1 aromatic rings. The maximum absolute atomic E-state index is 11.7. The number of benzene rings is 1. The van der Waals surface area contributed by atoms with Crippen molar-refractivity contribution < 1.29 is 14.3 Å². The molecule has 0 saturated heterocycles. The minimum absolute atomic E-state index is 0.0976.